The summed E-state index contributed by atoms with van der Waals surface area (Å²) in [6.07, 6.45) is 4.95. The number of carbonyl (C=O) groups excluding carboxylic acids is 2. The maximum absolute atomic E-state index is 12.5. The van der Waals surface area contributed by atoms with Gasteiger partial charge in [0.2, 0.25) is 11.8 Å². The van der Waals surface area contributed by atoms with Crippen molar-refractivity contribution >= 4 is 17.5 Å². The summed E-state index contributed by atoms with van der Waals surface area (Å²) >= 11 is 0. The number of carbonyl (C=O) groups is 2. The molecule has 1 aliphatic carbocycles. The van der Waals surface area contributed by atoms with E-state index in [4.69, 9.17) is 0 Å². The van der Waals surface area contributed by atoms with E-state index in [1.54, 1.807) is 0 Å². The standard InChI is InChI=1S/C18H24N2O2/c1-12-7-8-13(2)16(9-12)19-18(22)14-10-17(21)20(11-14)15-5-3-4-6-15/h7-9,14-15H,3-6,10-11H2,1-2H3,(H,19,22). The number of rotatable bonds is 3. The molecule has 0 spiro atoms. The largest absolute Gasteiger partial charge is 0.339 e. The number of nitrogens with one attached hydrogen (secondary N) is 1. The van der Waals surface area contributed by atoms with Gasteiger partial charge in [0.25, 0.3) is 0 Å². The fraction of sp³-hybridized carbons (Fsp3) is 0.556. The first-order chi connectivity index (χ1) is 10.5. The van der Waals surface area contributed by atoms with Crippen molar-refractivity contribution in [3.05, 3.63) is 29.3 Å². The van der Waals surface area contributed by atoms with Crippen LogP contribution in [-0.4, -0.2) is 29.3 Å². The van der Waals surface area contributed by atoms with Gasteiger partial charge in [-0.05, 0) is 43.9 Å². The summed E-state index contributed by atoms with van der Waals surface area (Å²) < 4.78 is 0. The summed E-state index contributed by atoms with van der Waals surface area (Å²) in [5.74, 6) is -0.0939. The molecule has 4 heteroatoms. The predicted molar refractivity (Wildman–Crippen MR) is 86.6 cm³/mol. The number of nitrogens with zero attached hydrogens (tertiary/aromatic N) is 1. The van der Waals surface area contributed by atoms with E-state index in [1.807, 2.05) is 36.9 Å². The van der Waals surface area contributed by atoms with Crippen molar-refractivity contribution in [2.24, 2.45) is 5.92 Å². The van der Waals surface area contributed by atoms with Crippen molar-refractivity contribution in [1.29, 1.82) is 0 Å². The van der Waals surface area contributed by atoms with Gasteiger partial charge >= 0.3 is 0 Å². The van der Waals surface area contributed by atoms with E-state index < -0.39 is 0 Å². The summed E-state index contributed by atoms with van der Waals surface area (Å²) in [6, 6.07) is 6.39. The molecule has 0 aromatic heterocycles. The zero-order valence-corrected chi connectivity index (χ0v) is 13.4. The molecule has 1 aliphatic heterocycles. The monoisotopic (exact) mass is 300 g/mol. The van der Waals surface area contributed by atoms with Crippen LogP contribution in [0.5, 0.6) is 0 Å². The highest BCUT2D eigenvalue weighted by atomic mass is 16.2. The molecule has 2 fully saturated rings. The van der Waals surface area contributed by atoms with Crippen LogP contribution in [0.4, 0.5) is 5.69 Å². The van der Waals surface area contributed by atoms with Crippen LogP contribution in [-0.2, 0) is 9.59 Å². The van der Waals surface area contributed by atoms with Crippen LogP contribution >= 0.6 is 0 Å². The van der Waals surface area contributed by atoms with Gasteiger partial charge in [0, 0.05) is 24.7 Å². The average Bonchev–Trinajstić information content (AvgIpc) is 3.11. The molecule has 1 aromatic rings. The van der Waals surface area contributed by atoms with Gasteiger partial charge in [-0.2, -0.15) is 0 Å². The second-order valence-corrected chi connectivity index (χ2v) is 6.69. The maximum atomic E-state index is 12.5. The molecular weight excluding hydrogens is 276 g/mol. The molecule has 22 heavy (non-hydrogen) atoms. The zero-order valence-electron chi connectivity index (χ0n) is 13.4. The van der Waals surface area contributed by atoms with Gasteiger partial charge in [0.15, 0.2) is 0 Å². The molecule has 1 unspecified atom stereocenters. The van der Waals surface area contributed by atoms with Crippen LogP contribution in [0.25, 0.3) is 0 Å². The Bertz CT molecular complexity index is 591. The maximum Gasteiger partial charge on any atom is 0.229 e. The zero-order chi connectivity index (χ0) is 15.7. The van der Waals surface area contributed by atoms with Crippen LogP contribution in [0.1, 0.15) is 43.2 Å². The average molecular weight is 300 g/mol. The Balaban J connectivity index is 1.65. The molecule has 2 aliphatic rings. The van der Waals surface area contributed by atoms with Crippen molar-refractivity contribution in [3.63, 3.8) is 0 Å². The van der Waals surface area contributed by atoms with Crippen molar-refractivity contribution in [1.82, 2.24) is 4.90 Å². The first-order valence-corrected chi connectivity index (χ1v) is 8.22. The van der Waals surface area contributed by atoms with E-state index in [2.05, 4.69) is 5.32 Å². The molecule has 0 bridgehead atoms. The molecule has 3 rings (SSSR count). The van der Waals surface area contributed by atoms with Crippen molar-refractivity contribution in [2.75, 3.05) is 11.9 Å². The van der Waals surface area contributed by atoms with Gasteiger partial charge in [-0.15, -0.1) is 0 Å². The minimum Gasteiger partial charge on any atom is -0.339 e. The van der Waals surface area contributed by atoms with Gasteiger partial charge in [-0.1, -0.05) is 25.0 Å². The lowest BCUT2D eigenvalue weighted by Gasteiger charge is -2.24. The molecule has 1 saturated heterocycles. The summed E-state index contributed by atoms with van der Waals surface area (Å²) in [5.41, 5.74) is 3.03. The number of aryl methyl sites for hydroxylation is 2. The molecule has 0 radical (unpaired) electrons. The molecule has 1 atom stereocenters. The van der Waals surface area contributed by atoms with E-state index in [9.17, 15) is 9.59 Å². The Kier molecular flexibility index (Phi) is 4.19. The van der Waals surface area contributed by atoms with E-state index in [0.717, 1.165) is 29.7 Å². The van der Waals surface area contributed by atoms with Crippen molar-refractivity contribution in [3.8, 4) is 0 Å². The lowest BCUT2D eigenvalue weighted by molar-refractivity contribution is -0.129. The van der Waals surface area contributed by atoms with E-state index in [1.165, 1.54) is 12.8 Å². The second kappa shape index (κ2) is 6.11. The minimum absolute atomic E-state index is 0.0254. The molecule has 1 aromatic carbocycles. The van der Waals surface area contributed by atoms with Gasteiger partial charge in [-0.3, -0.25) is 9.59 Å². The molecule has 118 valence electrons. The number of likely N-dealkylation sites (tertiary alicyclic amines) is 1. The third-order valence-corrected chi connectivity index (χ3v) is 4.95. The van der Waals surface area contributed by atoms with Crippen LogP contribution in [0.3, 0.4) is 0 Å². The first-order valence-electron chi connectivity index (χ1n) is 8.22. The predicted octanol–water partition coefficient (Wildman–Crippen LogP) is 3.03. The second-order valence-electron chi connectivity index (χ2n) is 6.69. The lowest BCUT2D eigenvalue weighted by Crippen LogP contribution is -2.35. The van der Waals surface area contributed by atoms with Crippen molar-refractivity contribution in [2.45, 2.75) is 52.0 Å². The Morgan fingerprint density at radius 3 is 2.68 bits per heavy atom. The van der Waals surface area contributed by atoms with Gasteiger partial charge < -0.3 is 10.2 Å². The summed E-state index contributed by atoms with van der Waals surface area (Å²) in [6.45, 7) is 4.58. The number of hydrogen-bond acceptors (Lipinski definition) is 2. The number of amides is 2. The van der Waals surface area contributed by atoms with Gasteiger partial charge in [0.1, 0.15) is 0 Å². The van der Waals surface area contributed by atoms with E-state index >= 15 is 0 Å². The third-order valence-electron chi connectivity index (χ3n) is 4.95. The van der Waals surface area contributed by atoms with E-state index in [0.29, 0.717) is 19.0 Å². The molecule has 1 saturated carbocycles. The molecular formula is C18H24N2O2. The Morgan fingerprint density at radius 1 is 1.23 bits per heavy atom. The number of anilines is 1. The quantitative estimate of drug-likeness (QED) is 0.933. The minimum atomic E-state index is -0.215. The normalized spacial score (nSPS) is 22.4. The first kappa shape index (κ1) is 15.1. The highest BCUT2D eigenvalue weighted by molar-refractivity contribution is 5.97. The highest BCUT2D eigenvalue weighted by Crippen LogP contribution is 2.30. The fourth-order valence-electron chi connectivity index (χ4n) is 3.58. The van der Waals surface area contributed by atoms with Gasteiger partial charge in [-0.25, -0.2) is 0 Å². The lowest BCUT2D eigenvalue weighted by atomic mass is 10.1. The van der Waals surface area contributed by atoms with Crippen LogP contribution in [0.2, 0.25) is 0 Å². The SMILES string of the molecule is Cc1ccc(C)c(NC(=O)C2CC(=O)N(C3CCCC3)C2)c1. The molecule has 2 amide bonds. The van der Waals surface area contributed by atoms with Crippen molar-refractivity contribution < 1.29 is 9.59 Å². The Hall–Kier alpha value is -1.84. The van der Waals surface area contributed by atoms with Crippen LogP contribution < -0.4 is 5.32 Å². The van der Waals surface area contributed by atoms with Gasteiger partial charge in [0.05, 0.1) is 5.92 Å². The topological polar surface area (TPSA) is 49.4 Å². The Labute approximate surface area is 131 Å². The summed E-state index contributed by atoms with van der Waals surface area (Å²) in [7, 11) is 0. The smallest absolute Gasteiger partial charge is 0.229 e. The van der Waals surface area contributed by atoms with Crippen LogP contribution in [0, 0.1) is 19.8 Å². The third kappa shape index (κ3) is 3.01. The highest BCUT2D eigenvalue weighted by Gasteiger charge is 2.38. The molecule has 1 N–H and O–H groups in total. The molecule has 4 nitrogen and oxygen atoms in total. The van der Waals surface area contributed by atoms with Crippen LogP contribution in [0.15, 0.2) is 18.2 Å². The fourth-order valence-corrected chi connectivity index (χ4v) is 3.58. The molecule has 1 heterocycles. The summed E-state index contributed by atoms with van der Waals surface area (Å²) in [4.78, 5) is 26.6. The number of hydrogen-bond donors (Lipinski definition) is 1. The Morgan fingerprint density at radius 2 is 1.95 bits per heavy atom. The summed E-state index contributed by atoms with van der Waals surface area (Å²) in [5, 5.41) is 3.01. The number of benzene rings is 1. The van der Waals surface area contributed by atoms with E-state index in [-0.39, 0.29) is 17.7 Å².